The molecule has 0 unspecified atom stereocenters. The number of likely N-dealkylation sites (tertiary alicyclic amines) is 1. The Morgan fingerprint density at radius 2 is 2.00 bits per heavy atom. The van der Waals surface area contributed by atoms with Crippen molar-refractivity contribution in [3.63, 3.8) is 0 Å². The second-order valence-electron chi connectivity index (χ2n) is 4.82. The van der Waals surface area contributed by atoms with Crippen LogP contribution in [0.3, 0.4) is 0 Å². The molecule has 17 heavy (non-hydrogen) atoms. The Morgan fingerprint density at radius 3 is 2.59 bits per heavy atom. The Bertz CT molecular complexity index is 296. The lowest BCUT2D eigenvalue weighted by atomic mass is 10.1. The summed E-state index contributed by atoms with van der Waals surface area (Å²) in [6, 6.07) is 0.220. The van der Waals surface area contributed by atoms with Crippen LogP contribution in [0.5, 0.6) is 0 Å². The fourth-order valence-corrected chi connectivity index (χ4v) is 2.49. The van der Waals surface area contributed by atoms with Crippen LogP contribution in [0.2, 0.25) is 0 Å². The first kappa shape index (κ1) is 12.4. The molecular weight excluding hydrogens is 216 g/mol. The smallest absolute Gasteiger partial charge is 0.320 e. The molecule has 0 aromatic heterocycles. The lowest BCUT2D eigenvalue weighted by Crippen LogP contribution is -2.47. The fraction of sp³-hybridized carbons (Fsp3) is 0.769. The monoisotopic (exact) mass is 238 g/mol. The van der Waals surface area contributed by atoms with Crippen LogP contribution < -0.4 is 0 Å². The molecule has 0 bridgehead atoms. The maximum atomic E-state index is 12.2. The molecule has 2 aliphatic rings. The minimum Gasteiger partial charge on any atom is -0.380 e. The number of ether oxygens (including phenoxy) is 1. The number of piperidine rings is 1. The van der Waals surface area contributed by atoms with Crippen molar-refractivity contribution in [1.29, 1.82) is 0 Å². The van der Waals surface area contributed by atoms with Crippen molar-refractivity contribution >= 4 is 6.03 Å². The molecule has 0 aromatic carbocycles. The van der Waals surface area contributed by atoms with Crippen LogP contribution in [0.1, 0.15) is 25.7 Å². The summed E-state index contributed by atoms with van der Waals surface area (Å²) in [5.74, 6) is 0. The third-order valence-electron chi connectivity index (χ3n) is 3.53. The zero-order valence-electron chi connectivity index (χ0n) is 10.7. The van der Waals surface area contributed by atoms with Crippen LogP contribution in [-0.4, -0.2) is 55.7 Å². The minimum atomic E-state index is 0.220. The van der Waals surface area contributed by atoms with Gasteiger partial charge in [-0.25, -0.2) is 4.79 Å². The second-order valence-corrected chi connectivity index (χ2v) is 4.82. The molecule has 2 amide bonds. The van der Waals surface area contributed by atoms with E-state index < -0.39 is 0 Å². The summed E-state index contributed by atoms with van der Waals surface area (Å²) < 4.78 is 5.11. The third-order valence-corrected chi connectivity index (χ3v) is 3.53. The Kier molecular flexibility index (Phi) is 4.42. The minimum absolute atomic E-state index is 0.220. The SMILES string of the molecule is COCC1=CCN(C(=O)N2CCCCC2)CC1. The molecule has 1 fully saturated rings. The third kappa shape index (κ3) is 3.22. The maximum absolute atomic E-state index is 12.2. The van der Waals surface area contributed by atoms with Crippen LogP contribution in [0.25, 0.3) is 0 Å². The highest BCUT2D eigenvalue weighted by molar-refractivity contribution is 5.75. The first-order valence-corrected chi connectivity index (χ1v) is 6.52. The molecular formula is C13H22N2O2. The topological polar surface area (TPSA) is 32.8 Å². The summed E-state index contributed by atoms with van der Waals surface area (Å²) in [4.78, 5) is 16.2. The van der Waals surface area contributed by atoms with Gasteiger partial charge in [-0.1, -0.05) is 6.08 Å². The number of methoxy groups -OCH3 is 1. The molecule has 4 heteroatoms. The van der Waals surface area contributed by atoms with Gasteiger partial charge in [0.2, 0.25) is 0 Å². The van der Waals surface area contributed by atoms with Gasteiger partial charge in [0.15, 0.2) is 0 Å². The summed E-state index contributed by atoms with van der Waals surface area (Å²) in [6.45, 7) is 4.15. The van der Waals surface area contributed by atoms with Crippen LogP contribution in [0, 0.1) is 0 Å². The molecule has 4 nitrogen and oxygen atoms in total. The average Bonchev–Trinajstić information content (AvgIpc) is 2.40. The Morgan fingerprint density at radius 1 is 1.24 bits per heavy atom. The summed E-state index contributed by atoms with van der Waals surface area (Å²) >= 11 is 0. The molecule has 1 saturated heterocycles. The molecule has 2 heterocycles. The van der Waals surface area contributed by atoms with Crippen LogP contribution in [0.4, 0.5) is 4.79 Å². The molecule has 0 radical (unpaired) electrons. The Labute approximate surface area is 103 Å². The molecule has 0 aliphatic carbocycles. The van der Waals surface area contributed by atoms with Gasteiger partial charge in [0.25, 0.3) is 0 Å². The quantitative estimate of drug-likeness (QED) is 0.688. The van der Waals surface area contributed by atoms with E-state index in [1.807, 2.05) is 9.80 Å². The van der Waals surface area contributed by atoms with Crippen molar-refractivity contribution in [1.82, 2.24) is 9.80 Å². The normalized spacial score (nSPS) is 21.4. The molecule has 2 aliphatic heterocycles. The molecule has 0 atom stereocenters. The summed E-state index contributed by atoms with van der Waals surface area (Å²) in [5, 5.41) is 0. The van der Waals surface area contributed by atoms with Gasteiger partial charge in [-0.15, -0.1) is 0 Å². The Hall–Kier alpha value is -1.03. The van der Waals surface area contributed by atoms with Gasteiger partial charge in [-0.05, 0) is 31.3 Å². The van der Waals surface area contributed by atoms with Crippen molar-refractivity contribution in [2.45, 2.75) is 25.7 Å². The predicted octanol–water partition coefficient (Wildman–Crippen LogP) is 1.87. The van der Waals surface area contributed by atoms with Gasteiger partial charge < -0.3 is 14.5 Å². The van der Waals surface area contributed by atoms with E-state index in [-0.39, 0.29) is 6.03 Å². The zero-order chi connectivity index (χ0) is 12.1. The number of hydrogen-bond acceptors (Lipinski definition) is 2. The number of nitrogens with zero attached hydrogens (tertiary/aromatic N) is 2. The van der Waals surface area contributed by atoms with Gasteiger partial charge in [-0.3, -0.25) is 0 Å². The largest absolute Gasteiger partial charge is 0.380 e. The van der Waals surface area contributed by atoms with E-state index >= 15 is 0 Å². The lowest BCUT2D eigenvalue weighted by molar-refractivity contribution is 0.144. The Balaban J connectivity index is 1.85. The number of urea groups is 1. The number of carbonyl (C=O) groups is 1. The average molecular weight is 238 g/mol. The number of carbonyl (C=O) groups excluding carboxylic acids is 1. The van der Waals surface area contributed by atoms with Gasteiger partial charge in [0.05, 0.1) is 6.61 Å². The first-order chi connectivity index (χ1) is 8.31. The van der Waals surface area contributed by atoms with Gasteiger partial charge in [0, 0.05) is 33.3 Å². The molecule has 0 spiro atoms. The zero-order valence-corrected chi connectivity index (χ0v) is 10.7. The molecule has 96 valence electrons. The maximum Gasteiger partial charge on any atom is 0.320 e. The van der Waals surface area contributed by atoms with E-state index in [1.54, 1.807) is 7.11 Å². The standard InChI is InChI=1S/C13H22N2O2/c1-17-11-12-5-9-15(10-6-12)13(16)14-7-3-2-4-8-14/h5H,2-4,6-11H2,1H3. The van der Waals surface area contributed by atoms with E-state index in [0.29, 0.717) is 6.61 Å². The van der Waals surface area contributed by atoms with Crippen molar-refractivity contribution in [3.8, 4) is 0 Å². The van der Waals surface area contributed by atoms with Gasteiger partial charge >= 0.3 is 6.03 Å². The summed E-state index contributed by atoms with van der Waals surface area (Å²) in [5.41, 5.74) is 1.31. The highest BCUT2D eigenvalue weighted by atomic mass is 16.5. The van der Waals surface area contributed by atoms with Crippen molar-refractivity contribution in [2.75, 3.05) is 39.9 Å². The molecule has 0 saturated carbocycles. The molecule has 0 N–H and O–H groups in total. The van der Waals surface area contributed by atoms with E-state index in [2.05, 4.69) is 6.08 Å². The van der Waals surface area contributed by atoms with E-state index in [9.17, 15) is 4.79 Å². The first-order valence-electron chi connectivity index (χ1n) is 6.52. The van der Waals surface area contributed by atoms with E-state index in [1.165, 1.54) is 12.0 Å². The van der Waals surface area contributed by atoms with Gasteiger partial charge in [0.1, 0.15) is 0 Å². The number of hydrogen-bond donors (Lipinski definition) is 0. The molecule has 0 aromatic rings. The predicted molar refractivity (Wildman–Crippen MR) is 67.0 cm³/mol. The van der Waals surface area contributed by atoms with Gasteiger partial charge in [-0.2, -0.15) is 0 Å². The van der Waals surface area contributed by atoms with Crippen molar-refractivity contribution in [2.24, 2.45) is 0 Å². The number of amides is 2. The van der Waals surface area contributed by atoms with Crippen LogP contribution in [0.15, 0.2) is 11.6 Å². The lowest BCUT2D eigenvalue weighted by Gasteiger charge is -2.34. The van der Waals surface area contributed by atoms with Crippen LogP contribution in [-0.2, 0) is 4.74 Å². The van der Waals surface area contributed by atoms with Crippen molar-refractivity contribution in [3.05, 3.63) is 11.6 Å². The van der Waals surface area contributed by atoms with E-state index in [0.717, 1.165) is 45.4 Å². The summed E-state index contributed by atoms with van der Waals surface area (Å²) in [6.07, 6.45) is 6.67. The van der Waals surface area contributed by atoms with Crippen LogP contribution >= 0.6 is 0 Å². The fourth-order valence-electron chi connectivity index (χ4n) is 2.49. The highest BCUT2D eigenvalue weighted by Gasteiger charge is 2.23. The van der Waals surface area contributed by atoms with Crippen molar-refractivity contribution < 1.29 is 9.53 Å². The second kappa shape index (κ2) is 6.05. The number of rotatable bonds is 2. The summed E-state index contributed by atoms with van der Waals surface area (Å²) in [7, 11) is 1.71. The van der Waals surface area contributed by atoms with E-state index in [4.69, 9.17) is 4.74 Å². The highest BCUT2D eigenvalue weighted by Crippen LogP contribution is 2.15. The molecule has 2 rings (SSSR count).